The van der Waals surface area contributed by atoms with Crippen molar-refractivity contribution in [1.29, 1.82) is 0 Å². The highest BCUT2D eigenvalue weighted by Gasteiger charge is 2.22. The van der Waals surface area contributed by atoms with E-state index in [1.165, 1.54) is 39.1 Å². The molecule has 0 fully saturated rings. The quantitative estimate of drug-likeness (QED) is 0.371. The Morgan fingerprint density at radius 3 is 2.00 bits per heavy atom. The summed E-state index contributed by atoms with van der Waals surface area (Å²) < 4.78 is 20.0. The van der Waals surface area contributed by atoms with E-state index >= 15 is 0 Å². The van der Waals surface area contributed by atoms with Gasteiger partial charge in [0, 0.05) is 20.4 Å². The summed E-state index contributed by atoms with van der Waals surface area (Å²) in [6.07, 6.45) is 0.724. The van der Waals surface area contributed by atoms with Crippen molar-refractivity contribution in [2.75, 3.05) is 0 Å². The summed E-state index contributed by atoms with van der Waals surface area (Å²) in [4.78, 5) is 0. The first-order valence-electron chi connectivity index (χ1n) is 12.5. The summed E-state index contributed by atoms with van der Waals surface area (Å²) in [6.45, 7) is 17.0. The predicted octanol–water partition coefficient (Wildman–Crippen LogP) is 7.99. The number of hydrogen-bond donors (Lipinski definition) is 0. The van der Waals surface area contributed by atoms with E-state index in [1.807, 2.05) is 20.8 Å². The van der Waals surface area contributed by atoms with Crippen LogP contribution in [0.2, 0.25) is 0 Å². The molecule has 0 N–H and O–H groups in total. The van der Waals surface area contributed by atoms with Crippen molar-refractivity contribution in [3.05, 3.63) is 77.0 Å². The van der Waals surface area contributed by atoms with Gasteiger partial charge in [-0.2, -0.15) is 0 Å². The Morgan fingerprint density at radius 1 is 0.903 bits per heavy atom. The average Bonchev–Trinajstić information content (AvgIpc) is 2.73. The van der Waals surface area contributed by atoms with Crippen molar-refractivity contribution in [2.45, 2.75) is 73.6 Å². The van der Waals surface area contributed by atoms with E-state index in [4.69, 9.17) is 2.74 Å². The highest BCUT2D eigenvalue weighted by atomic mass is 14.9. The minimum atomic E-state index is -1.42. The molecule has 2 aromatic carbocycles. The van der Waals surface area contributed by atoms with Crippen LogP contribution < -0.4 is 4.57 Å². The van der Waals surface area contributed by atoms with Crippen LogP contribution in [0.1, 0.15) is 85.3 Å². The lowest BCUT2D eigenvalue weighted by atomic mass is 9.80. The molecule has 1 nitrogen and oxygen atoms in total. The molecule has 0 bridgehead atoms. The molecular weight excluding hydrogens is 374 g/mol. The van der Waals surface area contributed by atoms with Gasteiger partial charge in [-0.15, -0.1) is 0 Å². The molecule has 164 valence electrons. The fourth-order valence-electron chi connectivity index (χ4n) is 4.29. The lowest BCUT2D eigenvalue weighted by molar-refractivity contribution is -0.660. The smallest absolute Gasteiger partial charge is 0.201 e. The normalized spacial score (nSPS) is 13.5. The number of aromatic nitrogens is 1. The minimum Gasteiger partial charge on any atom is -0.201 e. The zero-order valence-electron chi connectivity index (χ0n) is 22.8. The van der Waals surface area contributed by atoms with Gasteiger partial charge in [-0.05, 0) is 70.0 Å². The molecule has 3 rings (SSSR count). The van der Waals surface area contributed by atoms with Crippen LogP contribution in [-0.4, -0.2) is 0 Å². The Labute approximate surface area is 193 Å². The van der Waals surface area contributed by atoms with E-state index in [9.17, 15) is 0 Å². The Bertz CT molecular complexity index is 1120. The van der Waals surface area contributed by atoms with Gasteiger partial charge in [0.2, 0.25) is 5.69 Å². The van der Waals surface area contributed by atoms with Crippen molar-refractivity contribution in [3.8, 4) is 22.4 Å². The molecule has 1 heteroatoms. The van der Waals surface area contributed by atoms with Crippen LogP contribution in [0.15, 0.2) is 54.7 Å². The lowest BCUT2D eigenvalue weighted by Crippen LogP contribution is -2.30. The number of rotatable bonds is 5. The number of pyridine rings is 1. The molecule has 0 aliphatic carbocycles. The molecular formula is C30H40N+. The predicted molar refractivity (Wildman–Crippen MR) is 135 cm³/mol. The third kappa shape index (κ3) is 5.26. The molecule has 0 unspecified atom stereocenters. The fraction of sp³-hybridized carbons (Fsp3) is 0.433. The van der Waals surface area contributed by atoms with Crippen LogP contribution in [0.3, 0.4) is 0 Å². The fourth-order valence-corrected chi connectivity index (χ4v) is 4.29. The van der Waals surface area contributed by atoms with E-state index in [1.54, 1.807) is 0 Å². The van der Waals surface area contributed by atoms with Crippen LogP contribution in [0.4, 0.5) is 0 Å². The average molecular weight is 417 g/mol. The van der Waals surface area contributed by atoms with Gasteiger partial charge in [0.25, 0.3) is 0 Å². The topological polar surface area (TPSA) is 3.88 Å². The maximum atomic E-state index is 8.93. The van der Waals surface area contributed by atoms with E-state index in [2.05, 4.69) is 101 Å². The van der Waals surface area contributed by atoms with E-state index in [-0.39, 0.29) is 11.8 Å². The van der Waals surface area contributed by atoms with Crippen LogP contribution >= 0.6 is 0 Å². The monoisotopic (exact) mass is 416 g/mol. The first kappa shape index (κ1) is 20.5. The SMILES string of the molecule is [2H]C([2H])(c1cc(C(C)C)c(-c2cc[n+](C)c(-c3ccccc3C)c2)c(C(C)C)c1)C(C)(C)C. The molecule has 0 spiro atoms. The molecule has 3 aromatic rings. The van der Waals surface area contributed by atoms with Crippen LogP contribution in [0.5, 0.6) is 0 Å². The second kappa shape index (κ2) is 8.99. The molecule has 1 heterocycles. The molecule has 0 amide bonds. The summed E-state index contributed by atoms with van der Waals surface area (Å²) >= 11 is 0. The molecule has 0 aliphatic rings. The third-order valence-electron chi connectivity index (χ3n) is 5.82. The van der Waals surface area contributed by atoms with Gasteiger partial charge < -0.3 is 0 Å². The first-order valence-corrected chi connectivity index (χ1v) is 11.5. The summed E-state index contributed by atoms with van der Waals surface area (Å²) in [5, 5.41) is 0. The standard InChI is InChI=1S/C30H40N/c1-20(2)26-16-23(19-30(6,7)8)17-27(21(3)4)29(26)24-14-15-31(9)28(18-24)25-13-11-10-12-22(25)5/h10-18,20-21H,19H2,1-9H3/q+1/i19D2. The van der Waals surface area contributed by atoms with Gasteiger partial charge in [-0.1, -0.05) is 78.8 Å². The summed E-state index contributed by atoms with van der Waals surface area (Å²) in [6, 6.07) is 17.3. The number of nitrogens with zero attached hydrogens (tertiary/aromatic N) is 1. The maximum absolute atomic E-state index is 8.93. The van der Waals surface area contributed by atoms with E-state index < -0.39 is 11.8 Å². The molecule has 0 saturated heterocycles. The second-order valence-electron chi connectivity index (χ2n) is 10.4. The summed E-state index contributed by atoms with van der Waals surface area (Å²) in [5.74, 6) is 0.563. The maximum Gasteiger partial charge on any atom is 0.213 e. The van der Waals surface area contributed by atoms with Crippen molar-refractivity contribution in [3.63, 3.8) is 0 Å². The van der Waals surface area contributed by atoms with E-state index in [0.717, 1.165) is 5.56 Å². The number of aryl methyl sites for hydroxylation is 2. The van der Waals surface area contributed by atoms with Crippen molar-refractivity contribution >= 4 is 0 Å². The minimum absolute atomic E-state index is 0.282. The third-order valence-corrected chi connectivity index (χ3v) is 5.82. The Kier molecular flexibility index (Phi) is 5.94. The zero-order chi connectivity index (χ0) is 24.7. The van der Waals surface area contributed by atoms with Crippen molar-refractivity contribution < 1.29 is 7.31 Å². The molecule has 1 aromatic heterocycles. The second-order valence-corrected chi connectivity index (χ2v) is 10.4. The number of benzene rings is 2. The Balaban J connectivity index is 2.34. The van der Waals surface area contributed by atoms with Gasteiger partial charge in [0.05, 0.1) is 0 Å². The van der Waals surface area contributed by atoms with Gasteiger partial charge >= 0.3 is 0 Å². The van der Waals surface area contributed by atoms with Crippen molar-refractivity contribution in [2.24, 2.45) is 12.5 Å². The number of hydrogen-bond acceptors (Lipinski definition) is 0. The largest absolute Gasteiger partial charge is 0.213 e. The van der Waals surface area contributed by atoms with Gasteiger partial charge in [-0.25, -0.2) is 4.57 Å². The molecule has 0 saturated carbocycles. The molecule has 0 radical (unpaired) electrons. The highest BCUT2D eigenvalue weighted by molar-refractivity contribution is 5.76. The molecule has 0 aliphatic heterocycles. The summed E-state index contributed by atoms with van der Waals surface area (Å²) in [7, 11) is 2.10. The first-order chi connectivity index (χ1) is 15.3. The van der Waals surface area contributed by atoms with Crippen LogP contribution in [0.25, 0.3) is 22.4 Å². The Hall–Kier alpha value is -2.41. The van der Waals surface area contributed by atoms with Crippen LogP contribution in [0, 0.1) is 12.3 Å². The summed E-state index contributed by atoms with van der Waals surface area (Å²) in [5.41, 5.74) is 8.85. The van der Waals surface area contributed by atoms with Gasteiger partial charge in [0.1, 0.15) is 7.05 Å². The molecule has 0 atom stereocenters. The zero-order valence-corrected chi connectivity index (χ0v) is 20.8. The van der Waals surface area contributed by atoms with Crippen LogP contribution in [-0.2, 0) is 13.4 Å². The van der Waals surface area contributed by atoms with Gasteiger partial charge in [0.15, 0.2) is 6.20 Å². The van der Waals surface area contributed by atoms with Gasteiger partial charge in [-0.3, -0.25) is 0 Å². The van der Waals surface area contributed by atoms with E-state index in [0.29, 0.717) is 0 Å². The van der Waals surface area contributed by atoms with Crippen molar-refractivity contribution in [1.82, 2.24) is 0 Å². The highest BCUT2D eigenvalue weighted by Crippen LogP contribution is 2.39. The lowest BCUT2D eigenvalue weighted by Gasteiger charge is -2.25. The Morgan fingerprint density at radius 2 is 1.48 bits per heavy atom. The molecule has 31 heavy (non-hydrogen) atoms.